The monoisotopic (exact) mass is 427 g/mol. The fourth-order valence-electron chi connectivity index (χ4n) is 4.15. The van der Waals surface area contributed by atoms with E-state index in [1.807, 2.05) is 37.3 Å². The number of carbonyl (C=O) groups is 2. The molecular weight excluding hydrogens is 401 g/mol. The van der Waals surface area contributed by atoms with Crippen molar-refractivity contribution in [3.05, 3.63) is 59.9 Å². The van der Waals surface area contributed by atoms with Crippen molar-refractivity contribution in [3.63, 3.8) is 0 Å². The third kappa shape index (κ3) is 3.84. The van der Waals surface area contributed by atoms with Crippen LogP contribution < -0.4 is 4.90 Å². The van der Waals surface area contributed by atoms with Crippen molar-refractivity contribution in [1.82, 2.24) is 9.80 Å². The molecular formula is C23H26FN3O2S. The van der Waals surface area contributed by atoms with Crippen LogP contribution in [0.25, 0.3) is 0 Å². The van der Waals surface area contributed by atoms with E-state index in [1.165, 1.54) is 17.8 Å². The number of nitrogens with zero attached hydrogens (tertiary/aromatic N) is 3. The van der Waals surface area contributed by atoms with Gasteiger partial charge in [-0.2, -0.15) is 0 Å². The maximum Gasteiger partial charge on any atom is 0.252 e. The van der Waals surface area contributed by atoms with Gasteiger partial charge in [-0.1, -0.05) is 36.0 Å². The van der Waals surface area contributed by atoms with Gasteiger partial charge in [0, 0.05) is 44.2 Å². The lowest BCUT2D eigenvalue weighted by atomic mass is 10.0. The van der Waals surface area contributed by atoms with Gasteiger partial charge in [0.1, 0.15) is 5.82 Å². The van der Waals surface area contributed by atoms with Gasteiger partial charge in [0.15, 0.2) is 4.75 Å². The topological polar surface area (TPSA) is 43.9 Å². The number of benzene rings is 2. The number of hydrogen-bond donors (Lipinski definition) is 0. The van der Waals surface area contributed by atoms with E-state index in [4.69, 9.17) is 0 Å². The molecule has 2 aliphatic rings. The molecule has 0 saturated carbocycles. The third-order valence-electron chi connectivity index (χ3n) is 5.80. The first-order valence-electron chi connectivity index (χ1n) is 10.3. The van der Waals surface area contributed by atoms with Crippen molar-refractivity contribution in [2.24, 2.45) is 0 Å². The Morgan fingerprint density at radius 2 is 1.83 bits per heavy atom. The van der Waals surface area contributed by atoms with E-state index >= 15 is 0 Å². The van der Waals surface area contributed by atoms with E-state index in [-0.39, 0.29) is 17.6 Å². The molecule has 0 spiro atoms. The second-order valence-electron chi connectivity index (χ2n) is 7.85. The Hall–Kier alpha value is -2.38. The Labute approximate surface area is 180 Å². The number of amides is 2. The number of fused-ring (bicyclic) bond motifs is 1. The molecule has 2 aromatic carbocycles. The molecule has 1 fully saturated rings. The average molecular weight is 428 g/mol. The summed E-state index contributed by atoms with van der Waals surface area (Å²) < 4.78 is 12.3. The Kier molecular flexibility index (Phi) is 5.84. The zero-order valence-corrected chi connectivity index (χ0v) is 18.1. The molecule has 1 saturated heterocycles. The van der Waals surface area contributed by atoms with Crippen LogP contribution in [0.2, 0.25) is 0 Å². The van der Waals surface area contributed by atoms with Gasteiger partial charge >= 0.3 is 0 Å². The average Bonchev–Trinajstić information content (AvgIpc) is 2.75. The van der Waals surface area contributed by atoms with Crippen molar-refractivity contribution < 1.29 is 14.0 Å². The van der Waals surface area contributed by atoms with Crippen LogP contribution in [0.5, 0.6) is 0 Å². The highest BCUT2D eigenvalue weighted by molar-refractivity contribution is 8.02. The lowest BCUT2D eigenvalue weighted by Crippen LogP contribution is -2.60. The standard InChI is InChI=1S/C23H26FN3O2S/c1-3-27-19-9-4-5-10-20(19)30-23(2,22(27)29)21(28)26-13-11-25(12-14-26)16-17-7-6-8-18(24)15-17/h4-10,15H,3,11-14,16H2,1-2H3. The van der Waals surface area contributed by atoms with E-state index in [9.17, 15) is 14.0 Å². The van der Waals surface area contributed by atoms with Gasteiger partial charge in [-0.25, -0.2) is 4.39 Å². The van der Waals surface area contributed by atoms with Crippen molar-refractivity contribution in [3.8, 4) is 0 Å². The van der Waals surface area contributed by atoms with Crippen molar-refractivity contribution in [2.45, 2.75) is 30.0 Å². The van der Waals surface area contributed by atoms with E-state index in [0.717, 1.165) is 16.1 Å². The molecule has 1 unspecified atom stereocenters. The number of rotatable bonds is 4. The summed E-state index contributed by atoms with van der Waals surface area (Å²) in [5.41, 5.74) is 1.80. The molecule has 0 aromatic heterocycles. The van der Waals surface area contributed by atoms with Crippen LogP contribution in [0.1, 0.15) is 19.4 Å². The first-order chi connectivity index (χ1) is 14.4. The molecule has 2 heterocycles. The van der Waals surface area contributed by atoms with Crippen LogP contribution >= 0.6 is 11.8 Å². The number of carbonyl (C=O) groups excluding carboxylic acids is 2. The molecule has 158 valence electrons. The van der Waals surface area contributed by atoms with Gasteiger partial charge in [-0.3, -0.25) is 14.5 Å². The van der Waals surface area contributed by atoms with Crippen LogP contribution in [-0.2, 0) is 16.1 Å². The van der Waals surface area contributed by atoms with Gasteiger partial charge in [-0.05, 0) is 43.7 Å². The minimum atomic E-state index is -1.16. The summed E-state index contributed by atoms with van der Waals surface area (Å²) in [4.78, 5) is 33.4. The lowest BCUT2D eigenvalue weighted by molar-refractivity contribution is -0.139. The van der Waals surface area contributed by atoms with Crippen molar-refractivity contribution in [2.75, 3.05) is 37.6 Å². The molecule has 2 aromatic rings. The maximum atomic E-state index is 13.5. The minimum absolute atomic E-state index is 0.129. The maximum absolute atomic E-state index is 13.5. The first kappa shape index (κ1) is 20.9. The highest BCUT2D eigenvalue weighted by Gasteiger charge is 2.50. The van der Waals surface area contributed by atoms with E-state index < -0.39 is 4.75 Å². The van der Waals surface area contributed by atoms with Gasteiger partial charge in [0.05, 0.1) is 5.69 Å². The summed E-state index contributed by atoms with van der Waals surface area (Å²) in [5.74, 6) is -0.514. The van der Waals surface area contributed by atoms with E-state index in [2.05, 4.69) is 4.90 Å². The quantitative estimate of drug-likeness (QED) is 0.702. The Bertz CT molecular complexity index is 961. The smallest absolute Gasteiger partial charge is 0.252 e. The SMILES string of the molecule is CCN1C(=O)C(C)(C(=O)N2CCN(Cc3cccc(F)c3)CC2)Sc2ccccc21. The normalized spacial score (nSPS) is 22.2. The minimum Gasteiger partial charge on any atom is -0.338 e. The first-order valence-corrected chi connectivity index (χ1v) is 11.1. The molecule has 7 heteroatoms. The summed E-state index contributed by atoms with van der Waals surface area (Å²) in [6, 6.07) is 14.4. The van der Waals surface area contributed by atoms with Crippen LogP contribution in [0, 0.1) is 5.82 Å². The van der Waals surface area contributed by atoms with Crippen LogP contribution in [0.4, 0.5) is 10.1 Å². The van der Waals surface area contributed by atoms with Crippen molar-refractivity contribution >= 4 is 29.3 Å². The zero-order valence-electron chi connectivity index (χ0n) is 17.3. The summed E-state index contributed by atoms with van der Waals surface area (Å²) >= 11 is 1.36. The highest BCUT2D eigenvalue weighted by Crippen LogP contribution is 2.46. The van der Waals surface area contributed by atoms with Gasteiger partial charge in [-0.15, -0.1) is 0 Å². The molecule has 2 aliphatic heterocycles. The molecule has 0 bridgehead atoms. The summed E-state index contributed by atoms with van der Waals surface area (Å²) in [6.07, 6.45) is 0. The highest BCUT2D eigenvalue weighted by atomic mass is 32.2. The molecule has 2 amide bonds. The van der Waals surface area contributed by atoms with Crippen LogP contribution in [0.3, 0.4) is 0 Å². The molecule has 1 atom stereocenters. The van der Waals surface area contributed by atoms with Crippen LogP contribution in [0.15, 0.2) is 53.4 Å². The summed E-state index contributed by atoms with van der Waals surface area (Å²) in [6.45, 7) is 7.39. The summed E-state index contributed by atoms with van der Waals surface area (Å²) in [5, 5.41) is 0. The number of halogens is 1. The second kappa shape index (κ2) is 8.40. The predicted octanol–water partition coefficient (Wildman–Crippen LogP) is 3.39. The lowest BCUT2D eigenvalue weighted by Gasteiger charge is -2.43. The van der Waals surface area contributed by atoms with E-state index in [1.54, 1.807) is 28.9 Å². The molecule has 0 N–H and O–H groups in total. The Balaban J connectivity index is 1.45. The van der Waals surface area contributed by atoms with E-state index in [0.29, 0.717) is 39.3 Å². The van der Waals surface area contributed by atoms with Crippen LogP contribution in [-0.4, -0.2) is 59.1 Å². The largest absolute Gasteiger partial charge is 0.338 e. The fraction of sp³-hybridized carbons (Fsp3) is 0.391. The number of anilines is 1. The Morgan fingerprint density at radius 1 is 1.10 bits per heavy atom. The molecule has 0 aliphatic carbocycles. The number of thioether (sulfide) groups is 1. The fourth-order valence-corrected chi connectivity index (χ4v) is 5.43. The molecule has 4 rings (SSSR count). The van der Waals surface area contributed by atoms with Crippen molar-refractivity contribution in [1.29, 1.82) is 0 Å². The molecule has 5 nitrogen and oxygen atoms in total. The number of para-hydroxylation sites is 1. The van der Waals surface area contributed by atoms with Gasteiger partial charge in [0.25, 0.3) is 5.91 Å². The predicted molar refractivity (Wildman–Crippen MR) is 117 cm³/mol. The number of hydrogen-bond acceptors (Lipinski definition) is 4. The van der Waals surface area contributed by atoms with Gasteiger partial charge < -0.3 is 9.80 Å². The Morgan fingerprint density at radius 3 is 2.53 bits per heavy atom. The molecule has 0 radical (unpaired) electrons. The zero-order chi connectivity index (χ0) is 21.3. The molecule has 30 heavy (non-hydrogen) atoms. The second-order valence-corrected chi connectivity index (χ2v) is 9.31. The van der Waals surface area contributed by atoms with Gasteiger partial charge in [0.2, 0.25) is 5.91 Å². The third-order valence-corrected chi connectivity index (χ3v) is 7.13. The number of piperazine rings is 1. The summed E-state index contributed by atoms with van der Waals surface area (Å²) in [7, 11) is 0.